The molecule has 4 rings (SSSR count). The van der Waals surface area contributed by atoms with Crippen molar-refractivity contribution in [3.63, 3.8) is 0 Å². The molecule has 2 heterocycles. The normalized spacial score (nSPS) is 11.9. The van der Waals surface area contributed by atoms with E-state index >= 15 is 0 Å². The lowest BCUT2D eigenvalue weighted by Gasteiger charge is -2.13. The van der Waals surface area contributed by atoms with Crippen LogP contribution in [-0.4, -0.2) is 38.0 Å². The Morgan fingerprint density at radius 2 is 1.86 bits per heavy atom. The van der Waals surface area contributed by atoms with E-state index < -0.39 is 12.1 Å². The van der Waals surface area contributed by atoms with Gasteiger partial charge in [-0.1, -0.05) is 0 Å². The fourth-order valence-corrected chi connectivity index (χ4v) is 2.96. The number of hydrogen-bond acceptors (Lipinski definition) is 6. The third kappa shape index (κ3) is 2.98. The van der Waals surface area contributed by atoms with Crippen LogP contribution in [0.25, 0.3) is 27.9 Å². The Hall–Kier alpha value is -3.69. The predicted molar refractivity (Wildman–Crippen MR) is 95.5 cm³/mol. The summed E-state index contributed by atoms with van der Waals surface area (Å²) in [7, 11) is 1.65. The van der Waals surface area contributed by atoms with Crippen LogP contribution in [-0.2, 0) is 0 Å². The number of aromatic hydroxyl groups is 2. The third-order valence-electron chi connectivity index (χ3n) is 4.14. The molecule has 0 aliphatic carbocycles. The average Bonchev–Trinajstić information content (AvgIpc) is 3.07. The van der Waals surface area contributed by atoms with Gasteiger partial charge in [-0.3, -0.25) is 4.40 Å². The molecule has 2 aromatic heterocycles. The minimum Gasteiger partial charge on any atom is -0.504 e. The number of rotatable bonds is 3. The van der Waals surface area contributed by atoms with Crippen LogP contribution < -0.4 is 10.1 Å². The SMILES string of the molecule is CNc1nc2ccc(OC(F)(F)F)cc2n2c(-c3ccc(O)c(O)c3)cnc12. The molecule has 0 spiro atoms. The second-order valence-corrected chi connectivity index (χ2v) is 5.91. The first-order valence-corrected chi connectivity index (χ1v) is 8.04. The van der Waals surface area contributed by atoms with E-state index in [1.807, 2.05) is 0 Å². The zero-order valence-corrected chi connectivity index (χ0v) is 14.3. The fraction of sp³-hybridized carbons (Fsp3) is 0.111. The summed E-state index contributed by atoms with van der Waals surface area (Å²) in [5.74, 6) is -0.596. The quantitative estimate of drug-likeness (QED) is 0.460. The molecule has 0 radical (unpaired) electrons. The zero-order valence-electron chi connectivity index (χ0n) is 14.3. The second-order valence-electron chi connectivity index (χ2n) is 5.91. The van der Waals surface area contributed by atoms with Crippen molar-refractivity contribution in [2.24, 2.45) is 0 Å². The van der Waals surface area contributed by atoms with E-state index in [1.54, 1.807) is 17.5 Å². The highest BCUT2D eigenvalue weighted by molar-refractivity contribution is 5.87. The minimum absolute atomic E-state index is 0.291. The molecular weight excluding hydrogens is 377 g/mol. The Bertz CT molecular complexity index is 1200. The molecule has 0 aliphatic heterocycles. The number of nitrogens with zero attached hydrogens (tertiary/aromatic N) is 3. The zero-order chi connectivity index (χ0) is 20.1. The van der Waals surface area contributed by atoms with Gasteiger partial charge in [0.2, 0.25) is 0 Å². The summed E-state index contributed by atoms with van der Waals surface area (Å²) in [5, 5.41) is 22.3. The van der Waals surface area contributed by atoms with Crippen molar-refractivity contribution in [2.45, 2.75) is 6.36 Å². The average molecular weight is 390 g/mol. The fourth-order valence-electron chi connectivity index (χ4n) is 2.96. The summed E-state index contributed by atoms with van der Waals surface area (Å²) < 4.78 is 43.5. The van der Waals surface area contributed by atoms with Crippen LogP contribution in [0.3, 0.4) is 0 Å². The highest BCUT2D eigenvalue weighted by Gasteiger charge is 2.31. The molecule has 0 aliphatic rings. The molecule has 0 bridgehead atoms. The number of nitrogens with one attached hydrogen (secondary N) is 1. The number of benzene rings is 2. The molecule has 10 heteroatoms. The van der Waals surface area contributed by atoms with Crippen molar-refractivity contribution in [2.75, 3.05) is 12.4 Å². The topological polar surface area (TPSA) is 91.9 Å². The number of alkyl halides is 3. The van der Waals surface area contributed by atoms with Crippen molar-refractivity contribution in [1.29, 1.82) is 0 Å². The first-order chi connectivity index (χ1) is 13.3. The van der Waals surface area contributed by atoms with Gasteiger partial charge in [-0.05, 0) is 30.3 Å². The van der Waals surface area contributed by atoms with Gasteiger partial charge in [-0.25, -0.2) is 9.97 Å². The van der Waals surface area contributed by atoms with Gasteiger partial charge in [-0.2, -0.15) is 0 Å². The van der Waals surface area contributed by atoms with Gasteiger partial charge >= 0.3 is 6.36 Å². The summed E-state index contributed by atoms with van der Waals surface area (Å²) in [6, 6.07) is 8.00. The lowest BCUT2D eigenvalue weighted by Crippen LogP contribution is -2.17. The number of hydrogen-bond donors (Lipinski definition) is 3. The van der Waals surface area contributed by atoms with E-state index in [4.69, 9.17) is 0 Å². The summed E-state index contributed by atoms with van der Waals surface area (Å²) in [6.07, 6.45) is -3.33. The predicted octanol–water partition coefficient (Wildman–Crippen LogP) is 3.90. The van der Waals surface area contributed by atoms with Gasteiger partial charge in [0.25, 0.3) is 0 Å². The highest BCUT2D eigenvalue weighted by Crippen LogP contribution is 2.34. The molecule has 2 aromatic carbocycles. The molecule has 0 unspecified atom stereocenters. The monoisotopic (exact) mass is 390 g/mol. The van der Waals surface area contributed by atoms with E-state index in [-0.39, 0.29) is 11.5 Å². The van der Waals surface area contributed by atoms with Crippen molar-refractivity contribution >= 4 is 22.5 Å². The van der Waals surface area contributed by atoms with Gasteiger partial charge in [0, 0.05) is 18.7 Å². The van der Waals surface area contributed by atoms with Gasteiger partial charge in [-0.15, -0.1) is 13.2 Å². The van der Waals surface area contributed by atoms with Crippen LogP contribution in [0.4, 0.5) is 19.0 Å². The number of ether oxygens (including phenoxy) is 1. The maximum Gasteiger partial charge on any atom is 0.573 e. The summed E-state index contributed by atoms with van der Waals surface area (Å²) in [6.45, 7) is 0. The Labute approximate surface area is 155 Å². The maximum absolute atomic E-state index is 12.6. The van der Waals surface area contributed by atoms with Gasteiger partial charge < -0.3 is 20.3 Å². The lowest BCUT2D eigenvalue weighted by atomic mass is 10.1. The maximum atomic E-state index is 12.6. The van der Waals surface area contributed by atoms with E-state index in [9.17, 15) is 23.4 Å². The van der Waals surface area contributed by atoms with E-state index in [1.165, 1.54) is 36.5 Å². The van der Waals surface area contributed by atoms with Crippen LogP contribution >= 0.6 is 0 Å². The molecule has 144 valence electrons. The van der Waals surface area contributed by atoms with Crippen LogP contribution in [0.15, 0.2) is 42.6 Å². The molecule has 0 saturated carbocycles. The number of anilines is 1. The molecule has 0 fully saturated rings. The summed E-state index contributed by atoms with van der Waals surface area (Å²) >= 11 is 0. The minimum atomic E-state index is -4.83. The molecule has 4 aromatic rings. The molecule has 0 saturated heterocycles. The van der Waals surface area contributed by atoms with E-state index in [2.05, 4.69) is 20.0 Å². The van der Waals surface area contributed by atoms with Crippen molar-refractivity contribution < 1.29 is 28.1 Å². The highest BCUT2D eigenvalue weighted by atomic mass is 19.4. The van der Waals surface area contributed by atoms with E-state index in [0.717, 1.165) is 0 Å². The Morgan fingerprint density at radius 1 is 1.07 bits per heavy atom. The number of aromatic nitrogens is 3. The Balaban J connectivity index is 2.03. The number of phenols is 2. The summed E-state index contributed by atoms with van der Waals surface area (Å²) in [4.78, 5) is 8.68. The van der Waals surface area contributed by atoms with Crippen molar-refractivity contribution in [3.05, 3.63) is 42.6 Å². The molecular formula is C18H13F3N4O3. The van der Waals surface area contributed by atoms with Crippen LogP contribution in [0, 0.1) is 0 Å². The van der Waals surface area contributed by atoms with Crippen molar-refractivity contribution in [1.82, 2.24) is 14.4 Å². The number of halogens is 3. The van der Waals surface area contributed by atoms with Gasteiger partial charge in [0.05, 0.1) is 22.9 Å². The molecule has 7 nitrogen and oxygen atoms in total. The lowest BCUT2D eigenvalue weighted by molar-refractivity contribution is -0.274. The Morgan fingerprint density at radius 3 is 2.54 bits per heavy atom. The number of fused-ring (bicyclic) bond motifs is 3. The molecule has 0 amide bonds. The number of phenolic OH excluding ortho intramolecular Hbond substituents is 2. The summed E-state index contributed by atoms with van der Waals surface area (Å²) in [5.41, 5.74) is 2.10. The van der Waals surface area contributed by atoms with Gasteiger partial charge in [0.1, 0.15) is 5.75 Å². The smallest absolute Gasteiger partial charge is 0.504 e. The van der Waals surface area contributed by atoms with E-state index in [0.29, 0.717) is 33.8 Å². The van der Waals surface area contributed by atoms with Crippen LogP contribution in [0.5, 0.6) is 17.2 Å². The largest absolute Gasteiger partial charge is 0.573 e. The molecule has 28 heavy (non-hydrogen) atoms. The first kappa shape index (κ1) is 17.7. The van der Waals surface area contributed by atoms with Crippen molar-refractivity contribution in [3.8, 4) is 28.5 Å². The first-order valence-electron chi connectivity index (χ1n) is 8.04. The Kier molecular flexibility index (Phi) is 3.91. The second kappa shape index (κ2) is 6.19. The number of imidazole rings is 1. The van der Waals surface area contributed by atoms with Crippen LogP contribution in [0.1, 0.15) is 0 Å². The third-order valence-corrected chi connectivity index (χ3v) is 4.14. The van der Waals surface area contributed by atoms with Crippen LogP contribution in [0.2, 0.25) is 0 Å². The molecule has 0 atom stereocenters. The standard InChI is InChI=1S/C18H13F3N4O3/c1-22-16-17-23-8-13(9-2-5-14(26)15(27)6-9)25(17)12-7-10(28-18(19,20)21)3-4-11(12)24-16/h2-8,26-27H,1H3,(H,22,24). The molecule has 3 N–H and O–H groups in total. The van der Waals surface area contributed by atoms with Gasteiger partial charge in [0.15, 0.2) is 23.0 Å².